The average Bonchev–Trinajstić information content (AvgIpc) is 3.22. The molecule has 2 aromatic rings. The predicted octanol–water partition coefficient (Wildman–Crippen LogP) is 3.98. The number of aliphatic imine (C=N–C) groups is 1. The van der Waals surface area contributed by atoms with E-state index in [0.717, 1.165) is 68.4 Å². The Labute approximate surface area is 209 Å². The largest absolute Gasteiger partial charge is 0.381 e. The number of ether oxygens (including phenoxy) is 1. The summed E-state index contributed by atoms with van der Waals surface area (Å²) < 4.78 is 11.1. The van der Waals surface area contributed by atoms with Gasteiger partial charge in [-0.25, -0.2) is 0 Å². The van der Waals surface area contributed by atoms with Crippen molar-refractivity contribution in [2.24, 2.45) is 4.99 Å². The van der Waals surface area contributed by atoms with Crippen molar-refractivity contribution < 1.29 is 9.26 Å². The Hall–Kier alpha value is -1.65. The summed E-state index contributed by atoms with van der Waals surface area (Å²) in [6, 6.07) is 10.8. The first kappa shape index (κ1) is 26.6. The van der Waals surface area contributed by atoms with Crippen LogP contribution < -0.4 is 16.0 Å². The molecule has 0 spiro atoms. The molecule has 7 nitrogen and oxygen atoms in total. The van der Waals surface area contributed by atoms with Crippen molar-refractivity contribution in [2.45, 2.75) is 64.6 Å². The van der Waals surface area contributed by atoms with Crippen LogP contribution in [0.15, 0.2) is 39.8 Å². The molecule has 1 aliphatic heterocycles. The highest BCUT2D eigenvalue weighted by molar-refractivity contribution is 14.0. The monoisotopic (exact) mass is 555 g/mol. The van der Waals surface area contributed by atoms with Crippen LogP contribution in [0.3, 0.4) is 0 Å². The molecule has 0 bridgehead atoms. The van der Waals surface area contributed by atoms with Crippen LogP contribution in [0.1, 0.15) is 62.2 Å². The van der Waals surface area contributed by atoms with E-state index < -0.39 is 0 Å². The van der Waals surface area contributed by atoms with Gasteiger partial charge in [0.2, 0.25) is 0 Å². The molecule has 0 aliphatic carbocycles. The molecule has 0 radical (unpaired) electrons. The molecule has 8 heteroatoms. The standard InChI is InChI=1S/C24H37N5O2.HI/c1-5-21-20(22(6-2)31-29-21)16-26-23(25-4)27-17-24(12-14-30-15-13-24)28-18(3)19-10-8-7-9-11-19;/h7-11,18,28H,5-6,12-17H2,1-4H3,(H2,25,26,27);1H. The Morgan fingerprint density at radius 2 is 1.84 bits per heavy atom. The zero-order chi connectivity index (χ0) is 22.1. The Bertz CT molecular complexity index is 813. The fourth-order valence-electron chi connectivity index (χ4n) is 4.20. The number of halogens is 1. The van der Waals surface area contributed by atoms with Gasteiger partial charge in [-0.15, -0.1) is 24.0 Å². The van der Waals surface area contributed by atoms with Gasteiger partial charge in [-0.1, -0.05) is 49.3 Å². The van der Waals surface area contributed by atoms with Crippen molar-refractivity contribution in [3.05, 3.63) is 52.9 Å². The van der Waals surface area contributed by atoms with Gasteiger partial charge in [0.15, 0.2) is 5.96 Å². The number of aromatic nitrogens is 1. The smallest absolute Gasteiger partial charge is 0.191 e. The van der Waals surface area contributed by atoms with E-state index in [9.17, 15) is 0 Å². The Morgan fingerprint density at radius 1 is 1.12 bits per heavy atom. The number of guanidine groups is 1. The lowest BCUT2D eigenvalue weighted by molar-refractivity contribution is 0.0355. The molecule has 1 aliphatic rings. The third-order valence-corrected chi connectivity index (χ3v) is 6.13. The van der Waals surface area contributed by atoms with Crippen molar-refractivity contribution in [3.8, 4) is 0 Å². The molecule has 3 rings (SSSR count). The zero-order valence-electron chi connectivity index (χ0n) is 19.7. The molecule has 0 amide bonds. The number of hydrogen-bond donors (Lipinski definition) is 3. The third-order valence-electron chi connectivity index (χ3n) is 6.13. The van der Waals surface area contributed by atoms with Gasteiger partial charge in [0.05, 0.1) is 5.69 Å². The minimum atomic E-state index is -0.0501. The summed E-state index contributed by atoms with van der Waals surface area (Å²) in [6.07, 6.45) is 3.61. The van der Waals surface area contributed by atoms with E-state index in [1.807, 2.05) is 0 Å². The second-order valence-electron chi connectivity index (χ2n) is 8.19. The minimum absolute atomic E-state index is 0. The van der Waals surface area contributed by atoms with Gasteiger partial charge in [0.1, 0.15) is 5.76 Å². The van der Waals surface area contributed by atoms with E-state index in [4.69, 9.17) is 9.26 Å². The molecule has 2 heterocycles. The molecule has 1 unspecified atom stereocenters. The maximum absolute atomic E-state index is 5.66. The molecule has 1 saturated heterocycles. The summed E-state index contributed by atoms with van der Waals surface area (Å²) in [5.74, 6) is 1.73. The second kappa shape index (κ2) is 13.2. The summed E-state index contributed by atoms with van der Waals surface area (Å²) >= 11 is 0. The van der Waals surface area contributed by atoms with Gasteiger partial charge in [-0.05, 0) is 31.7 Å². The van der Waals surface area contributed by atoms with Crippen molar-refractivity contribution in [3.63, 3.8) is 0 Å². The van der Waals surface area contributed by atoms with E-state index in [1.165, 1.54) is 5.56 Å². The van der Waals surface area contributed by atoms with Crippen LogP contribution in [0.25, 0.3) is 0 Å². The van der Waals surface area contributed by atoms with Crippen molar-refractivity contribution in [1.29, 1.82) is 0 Å². The topological polar surface area (TPSA) is 83.7 Å². The summed E-state index contributed by atoms with van der Waals surface area (Å²) in [5.41, 5.74) is 3.40. The molecule has 178 valence electrons. The normalized spacial score (nSPS) is 16.8. The number of nitrogens with one attached hydrogen (secondary N) is 3. The summed E-state index contributed by atoms with van der Waals surface area (Å²) in [6.45, 7) is 9.38. The van der Waals surface area contributed by atoms with E-state index in [0.29, 0.717) is 6.54 Å². The number of aryl methyl sites for hydroxylation is 2. The Balaban J connectivity index is 0.00000363. The highest BCUT2D eigenvalue weighted by Gasteiger charge is 2.34. The van der Waals surface area contributed by atoms with Crippen LogP contribution in [0.4, 0.5) is 0 Å². The number of hydrogen-bond acceptors (Lipinski definition) is 5. The van der Waals surface area contributed by atoms with Crippen molar-refractivity contribution in [2.75, 3.05) is 26.8 Å². The predicted molar refractivity (Wildman–Crippen MR) is 140 cm³/mol. The van der Waals surface area contributed by atoms with Gasteiger partial charge in [0, 0.05) is 56.9 Å². The number of rotatable bonds is 9. The van der Waals surface area contributed by atoms with Gasteiger partial charge in [-0.2, -0.15) is 0 Å². The molecule has 32 heavy (non-hydrogen) atoms. The van der Waals surface area contributed by atoms with Crippen LogP contribution in [-0.4, -0.2) is 43.5 Å². The van der Waals surface area contributed by atoms with Crippen molar-refractivity contribution >= 4 is 29.9 Å². The quantitative estimate of drug-likeness (QED) is 0.247. The van der Waals surface area contributed by atoms with Crippen LogP contribution in [0, 0.1) is 0 Å². The maximum atomic E-state index is 5.66. The number of nitrogens with zero attached hydrogens (tertiary/aromatic N) is 2. The molecular formula is C24H38IN5O2. The van der Waals surface area contributed by atoms with E-state index in [1.54, 1.807) is 7.05 Å². The molecule has 1 fully saturated rings. The second-order valence-corrected chi connectivity index (χ2v) is 8.19. The first-order valence-electron chi connectivity index (χ1n) is 11.4. The fourth-order valence-corrected chi connectivity index (χ4v) is 4.20. The molecule has 1 aromatic heterocycles. The SMILES string of the molecule is CCc1noc(CC)c1CNC(=NC)NCC1(NC(C)c2ccccc2)CCOCC1.I. The van der Waals surface area contributed by atoms with E-state index in [-0.39, 0.29) is 35.6 Å². The summed E-state index contributed by atoms with van der Waals surface area (Å²) in [7, 11) is 1.81. The zero-order valence-corrected chi connectivity index (χ0v) is 22.1. The lowest BCUT2D eigenvalue weighted by Gasteiger charge is -2.41. The number of benzene rings is 1. The lowest BCUT2D eigenvalue weighted by Crippen LogP contribution is -2.58. The van der Waals surface area contributed by atoms with Crippen LogP contribution in [0.2, 0.25) is 0 Å². The maximum Gasteiger partial charge on any atom is 0.191 e. The van der Waals surface area contributed by atoms with E-state index >= 15 is 0 Å². The molecule has 1 atom stereocenters. The average molecular weight is 556 g/mol. The Kier molecular flexibility index (Phi) is 10.9. The molecule has 0 saturated carbocycles. The Morgan fingerprint density at radius 3 is 2.47 bits per heavy atom. The minimum Gasteiger partial charge on any atom is -0.381 e. The highest BCUT2D eigenvalue weighted by Crippen LogP contribution is 2.25. The third kappa shape index (κ3) is 6.92. The molecular weight excluding hydrogens is 517 g/mol. The van der Waals surface area contributed by atoms with Crippen LogP contribution in [0.5, 0.6) is 0 Å². The summed E-state index contributed by atoms with van der Waals surface area (Å²) in [4.78, 5) is 4.44. The van der Waals surface area contributed by atoms with Gasteiger partial charge in [-0.3, -0.25) is 4.99 Å². The lowest BCUT2D eigenvalue weighted by atomic mass is 9.88. The van der Waals surface area contributed by atoms with Gasteiger partial charge < -0.3 is 25.2 Å². The van der Waals surface area contributed by atoms with E-state index in [2.05, 4.69) is 77.2 Å². The van der Waals surface area contributed by atoms with Crippen LogP contribution in [-0.2, 0) is 24.1 Å². The van der Waals surface area contributed by atoms with Gasteiger partial charge in [0.25, 0.3) is 0 Å². The highest BCUT2D eigenvalue weighted by atomic mass is 127. The molecule has 1 aromatic carbocycles. The van der Waals surface area contributed by atoms with Gasteiger partial charge >= 0.3 is 0 Å². The molecule has 3 N–H and O–H groups in total. The first-order valence-corrected chi connectivity index (χ1v) is 11.4. The fraction of sp³-hybridized carbons (Fsp3) is 0.583. The van der Waals surface area contributed by atoms with Crippen molar-refractivity contribution in [1.82, 2.24) is 21.1 Å². The first-order chi connectivity index (χ1) is 15.1. The summed E-state index contributed by atoms with van der Waals surface area (Å²) in [5, 5.41) is 15.1. The van der Waals surface area contributed by atoms with Crippen LogP contribution >= 0.6 is 24.0 Å².